The molecule has 1 saturated heterocycles. The molecule has 110 valence electrons. The van der Waals surface area contributed by atoms with Crippen LogP contribution in [0.2, 0.25) is 0 Å². The fraction of sp³-hybridized carbons (Fsp3) is 0.571. The van der Waals surface area contributed by atoms with Crippen molar-refractivity contribution in [1.82, 2.24) is 14.8 Å². The average Bonchev–Trinajstić information content (AvgIpc) is 2.80. The number of aromatic nitrogens is 1. The lowest BCUT2D eigenvalue weighted by Crippen LogP contribution is -2.36. The largest absolute Gasteiger partial charge is 0.372 e. The number of pyridine rings is 1. The highest BCUT2D eigenvalue weighted by Crippen LogP contribution is 2.25. The lowest BCUT2D eigenvalue weighted by atomic mass is 10.1. The van der Waals surface area contributed by atoms with Gasteiger partial charge in [-0.3, -0.25) is 4.79 Å². The molecular weight excluding hydrogens is 320 g/mol. The van der Waals surface area contributed by atoms with Gasteiger partial charge in [-0.1, -0.05) is 6.92 Å². The van der Waals surface area contributed by atoms with E-state index in [0.717, 1.165) is 17.6 Å². The minimum Gasteiger partial charge on any atom is -0.372 e. The Morgan fingerprint density at radius 2 is 2.20 bits per heavy atom. The summed E-state index contributed by atoms with van der Waals surface area (Å²) in [5.41, 5.74) is 0.619. The SMILES string of the molecule is CNc1ncc(Br)cc1C(=O)N1CC(C)C(N(C)C)C1. The predicted molar refractivity (Wildman–Crippen MR) is 84.0 cm³/mol. The fourth-order valence-electron chi connectivity index (χ4n) is 2.76. The zero-order valence-electron chi connectivity index (χ0n) is 12.4. The van der Waals surface area contributed by atoms with Crippen LogP contribution in [0.25, 0.3) is 0 Å². The molecule has 6 heteroatoms. The lowest BCUT2D eigenvalue weighted by molar-refractivity contribution is 0.0782. The van der Waals surface area contributed by atoms with Crippen LogP contribution in [0.5, 0.6) is 0 Å². The minimum absolute atomic E-state index is 0.0411. The summed E-state index contributed by atoms with van der Waals surface area (Å²) in [6, 6.07) is 2.24. The number of nitrogens with zero attached hydrogens (tertiary/aromatic N) is 3. The number of halogens is 1. The molecule has 1 aliphatic rings. The Morgan fingerprint density at radius 1 is 1.50 bits per heavy atom. The summed E-state index contributed by atoms with van der Waals surface area (Å²) in [5.74, 6) is 1.14. The molecule has 1 fully saturated rings. The molecule has 2 heterocycles. The smallest absolute Gasteiger partial charge is 0.257 e. The van der Waals surface area contributed by atoms with Crippen molar-refractivity contribution in [1.29, 1.82) is 0 Å². The first-order valence-corrected chi connectivity index (χ1v) is 7.52. The van der Waals surface area contributed by atoms with Gasteiger partial charge in [0.15, 0.2) is 0 Å². The van der Waals surface area contributed by atoms with E-state index >= 15 is 0 Å². The van der Waals surface area contributed by atoms with E-state index in [0.29, 0.717) is 23.3 Å². The molecule has 1 N–H and O–H groups in total. The molecule has 2 atom stereocenters. The average molecular weight is 341 g/mol. The van der Waals surface area contributed by atoms with E-state index in [4.69, 9.17) is 0 Å². The Balaban J connectivity index is 2.23. The van der Waals surface area contributed by atoms with E-state index in [9.17, 15) is 4.79 Å². The van der Waals surface area contributed by atoms with Gasteiger partial charge in [0.2, 0.25) is 0 Å². The number of carbonyl (C=O) groups excluding carboxylic acids is 1. The second kappa shape index (κ2) is 6.10. The monoisotopic (exact) mass is 340 g/mol. The molecule has 0 bridgehead atoms. The first-order chi connectivity index (χ1) is 9.43. The van der Waals surface area contributed by atoms with Crippen molar-refractivity contribution < 1.29 is 4.79 Å². The molecule has 2 rings (SSSR count). The third kappa shape index (κ3) is 2.96. The summed E-state index contributed by atoms with van der Waals surface area (Å²) < 4.78 is 0.816. The molecule has 1 aromatic rings. The second-order valence-corrected chi connectivity index (χ2v) is 6.43. The van der Waals surface area contributed by atoms with Gasteiger partial charge in [0.25, 0.3) is 5.91 Å². The van der Waals surface area contributed by atoms with Gasteiger partial charge in [-0.25, -0.2) is 4.98 Å². The molecule has 0 aliphatic carbocycles. The van der Waals surface area contributed by atoms with Crippen LogP contribution in [0.3, 0.4) is 0 Å². The summed E-state index contributed by atoms with van der Waals surface area (Å²) >= 11 is 3.38. The van der Waals surface area contributed by atoms with E-state index in [-0.39, 0.29) is 5.91 Å². The zero-order chi connectivity index (χ0) is 14.9. The van der Waals surface area contributed by atoms with Gasteiger partial charge in [0.05, 0.1) is 5.56 Å². The predicted octanol–water partition coefficient (Wildman–Crippen LogP) is 1.91. The van der Waals surface area contributed by atoms with Crippen molar-refractivity contribution in [3.05, 3.63) is 22.3 Å². The Kier molecular flexibility index (Phi) is 4.65. The molecule has 1 aliphatic heterocycles. The van der Waals surface area contributed by atoms with Gasteiger partial charge < -0.3 is 15.1 Å². The number of likely N-dealkylation sites (N-methyl/N-ethyl adjacent to an activating group) is 1. The molecule has 1 aromatic heterocycles. The Bertz CT molecular complexity index is 506. The van der Waals surface area contributed by atoms with Crippen LogP contribution in [0.4, 0.5) is 5.82 Å². The first kappa shape index (κ1) is 15.3. The highest BCUT2D eigenvalue weighted by molar-refractivity contribution is 9.10. The highest BCUT2D eigenvalue weighted by Gasteiger charge is 2.34. The standard InChI is InChI=1S/C14H21BrN4O/c1-9-7-19(8-12(9)18(3)4)14(20)11-5-10(15)6-17-13(11)16-2/h5-6,9,12H,7-8H2,1-4H3,(H,16,17). The van der Waals surface area contributed by atoms with E-state index < -0.39 is 0 Å². The van der Waals surface area contributed by atoms with Crippen LogP contribution in [0.15, 0.2) is 16.7 Å². The molecule has 2 unspecified atom stereocenters. The molecule has 0 spiro atoms. The van der Waals surface area contributed by atoms with Crippen molar-refractivity contribution in [2.45, 2.75) is 13.0 Å². The van der Waals surface area contributed by atoms with Gasteiger partial charge in [-0.15, -0.1) is 0 Å². The second-order valence-electron chi connectivity index (χ2n) is 5.52. The van der Waals surface area contributed by atoms with Gasteiger partial charge in [-0.2, -0.15) is 0 Å². The van der Waals surface area contributed by atoms with Crippen LogP contribution in [0, 0.1) is 5.92 Å². The van der Waals surface area contributed by atoms with Crippen LogP contribution in [0.1, 0.15) is 17.3 Å². The van der Waals surface area contributed by atoms with Gasteiger partial charge in [0, 0.05) is 36.8 Å². The van der Waals surface area contributed by atoms with Gasteiger partial charge in [0.1, 0.15) is 5.82 Å². The maximum absolute atomic E-state index is 12.7. The van der Waals surface area contributed by atoms with E-state index in [2.05, 4.69) is 52.1 Å². The molecule has 1 amide bonds. The van der Waals surface area contributed by atoms with E-state index in [1.807, 2.05) is 11.0 Å². The van der Waals surface area contributed by atoms with Gasteiger partial charge >= 0.3 is 0 Å². The Labute approximate surface area is 128 Å². The normalized spacial score (nSPS) is 22.4. The maximum Gasteiger partial charge on any atom is 0.257 e. The molecule has 0 aromatic carbocycles. The van der Waals surface area contributed by atoms with Crippen molar-refractivity contribution in [2.24, 2.45) is 5.92 Å². The molecule has 0 radical (unpaired) electrons. The van der Waals surface area contributed by atoms with Crippen LogP contribution in [-0.2, 0) is 0 Å². The topological polar surface area (TPSA) is 48.5 Å². The number of hydrogen-bond acceptors (Lipinski definition) is 4. The van der Waals surface area contributed by atoms with Crippen LogP contribution < -0.4 is 5.32 Å². The lowest BCUT2D eigenvalue weighted by Gasteiger charge is -2.22. The third-order valence-corrected chi connectivity index (χ3v) is 4.28. The van der Waals surface area contributed by atoms with Crippen LogP contribution in [-0.4, -0.2) is 61.0 Å². The molecule has 0 saturated carbocycles. The number of anilines is 1. The Hall–Kier alpha value is -1.14. The minimum atomic E-state index is 0.0411. The van der Waals surface area contributed by atoms with Crippen molar-refractivity contribution in [3.8, 4) is 0 Å². The molecule has 20 heavy (non-hydrogen) atoms. The number of nitrogens with one attached hydrogen (secondary N) is 1. The molecule has 5 nitrogen and oxygen atoms in total. The van der Waals surface area contributed by atoms with Crippen molar-refractivity contribution in [2.75, 3.05) is 39.5 Å². The first-order valence-electron chi connectivity index (χ1n) is 6.73. The van der Waals surface area contributed by atoms with Crippen LogP contribution >= 0.6 is 15.9 Å². The summed E-state index contributed by atoms with van der Waals surface area (Å²) in [6.07, 6.45) is 1.69. The summed E-state index contributed by atoms with van der Waals surface area (Å²) in [5, 5.41) is 2.98. The summed E-state index contributed by atoms with van der Waals surface area (Å²) in [4.78, 5) is 21.1. The van der Waals surface area contributed by atoms with Crippen molar-refractivity contribution in [3.63, 3.8) is 0 Å². The third-order valence-electron chi connectivity index (χ3n) is 3.84. The summed E-state index contributed by atoms with van der Waals surface area (Å²) in [7, 11) is 5.91. The van der Waals surface area contributed by atoms with Crippen molar-refractivity contribution >= 4 is 27.7 Å². The maximum atomic E-state index is 12.7. The molecular formula is C14H21BrN4O. The van der Waals surface area contributed by atoms with Gasteiger partial charge in [-0.05, 0) is 42.0 Å². The fourth-order valence-corrected chi connectivity index (χ4v) is 3.09. The Morgan fingerprint density at radius 3 is 2.75 bits per heavy atom. The van der Waals surface area contributed by atoms with E-state index in [1.54, 1.807) is 13.2 Å². The number of carbonyl (C=O) groups is 1. The number of rotatable bonds is 3. The zero-order valence-corrected chi connectivity index (χ0v) is 13.9. The van der Waals surface area contributed by atoms with E-state index in [1.165, 1.54) is 0 Å². The number of hydrogen-bond donors (Lipinski definition) is 1. The highest BCUT2D eigenvalue weighted by atomic mass is 79.9. The number of amides is 1. The number of likely N-dealkylation sites (tertiary alicyclic amines) is 1. The quantitative estimate of drug-likeness (QED) is 0.913. The summed E-state index contributed by atoms with van der Waals surface area (Å²) in [6.45, 7) is 3.75.